The molecular formula is C22H34N2. The summed E-state index contributed by atoms with van der Waals surface area (Å²) in [6.45, 7) is 18.7. The van der Waals surface area contributed by atoms with Crippen LogP contribution < -0.4 is 0 Å². The van der Waals surface area contributed by atoms with E-state index in [9.17, 15) is 0 Å². The van der Waals surface area contributed by atoms with Crippen LogP contribution in [-0.2, 0) is 6.54 Å². The first-order valence-corrected chi connectivity index (χ1v) is 9.50. The molecule has 2 rings (SSSR count). The van der Waals surface area contributed by atoms with Crippen molar-refractivity contribution in [3.05, 3.63) is 34.4 Å². The second kappa shape index (κ2) is 8.62. The molecule has 0 aromatic heterocycles. The van der Waals surface area contributed by atoms with Gasteiger partial charge in [-0.05, 0) is 87.7 Å². The van der Waals surface area contributed by atoms with Crippen LogP contribution >= 0.6 is 0 Å². The van der Waals surface area contributed by atoms with Crippen LogP contribution in [0.15, 0.2) is 22.7 Å². The average Bonchev–Trinajstić information content (AvgIpc) is 3.06. The number of benzene rings is 1. The zero-order valence-corrected chi connectivity index (χ0v) is 16.3. The van der Waals surface area contributed by atoms with E-state index in [-0.39, 0.29) is 0 Å². The Morgan fingerprint density at radius 1 is 1.25 bits per heavy atom. The molecule has 24 heavy (non-hydrogen) atoms. The summed E-state index contributed by atoms with van der Waals surface area (Å²) in [6.07, 6.45) is 5.02. The molecule has 1 saturated heterocycles. The fourth-order valence-electron chi connectivity index (χ4n) is 3.87. The SMILES string of the molecule is C=Nc1cc(CN2CCCC2)c(C)cc1/C(C)=C(/CCC)C(C)C. The highest BCUT2D eigenvalue weighted by Crippen LogP contribution is 2.35. The minimum atomic E-state index is 0.576. The number of allylic oxidation sites excluding steroid dienone is 2. The highest BCUT2D eigenvalue weighted by molar-refractivity contribution is 5.78. The second-order valence-electron chi connectivity index (χ2n) is 7.49. The monoisotopic (exact) mass is 326 g/mol. The Bertz CT molecular complexity index is 605. The summed E-state index contributed by atoms with van der Waals surface area (Å²) >= 11 is 0. The number of hydrogen-bond donors (Lipinski definition) is 0. The lowest BCUT2D eigenvalue weighted by molar-refractivity contribution is 0.331. The van der Waals surface area contributed by atoms with E-state index < -0.39 is 0 Å². The van der Waals surface area contributed by atoms with Gasteiger partial charge in [-0.1, -0.05) is 32.8 Å². The van der Waals surface area contributed by atoms with Crippen molar-refractivity contribution in [2.45, 2.75) is 66.8 Å². The van der Waals surface area contributed by atoms with Gasteiger partial charge in [0.15, 0.2) is 0 Å². The predicted molar refractivity (Wildman–Crippen MR) is 107 cm³/mol. The fraction of sp³-hybridized carbons (Fsp3) is 0.591. The van der Waals surface area contributed by atoms with E-state index in [0.29, 0.717) is 5.92 Å². The molecule has 1 aromatic carbocycles. The van der Waals surface area contributed by atoms with Crippen molar-refractivity contribution >= 4 is 18.0 Å². The van der Waals surface area contributed by atoms with Crippen molar-refractivity contribution < 1.29 is 0 Å². The number of likely N-dealkylation sites (tertiary alicyclic amines) is 1. The molecule has 0 aliphatic carbocycles. The van der Waals surface area contributed by atoms with Crippen LogP contribution in [0.25, 0.3) is 5.57 Å². The molecule has 1 aliphatic rings. The largest absolute Gasteiger partial charge is 0.299 e. The molecule has 0 radical (unpaired) electrons. The third-order valence-corrected chi connectivity index (χ3v) is 5.32. The van der Waals surface area contributed by atoms with Gasteiger partial charge in [0, 0.05) is 12.1 Å². The molecule has 1 aromatic rings. The molecule has 1 aliphatic heterocycles. The average molecular weight is 327 g/mol. The Labute approximate surface area is 148 Å². The maximum absolute atomic E-state index is 4.37. The quantitative estimate of drug-likeness (QED) is 0.548. The summed E-state index contributed by atoms with van der Waals surface area (Å²) in [7, 11) is 0. The van der Waals surface area contributed by atoms with Crippen LogP contribution in [0, 0.1) is 12.8 Å². The van der Waals surface area contributed by atoms with Gasteiger partial charge in [0.25, 0.3) is 0 Å². The lowest BCUT2D eigenvalue weighted by atomic mass is 9.88. The van der Waals surface area contributed by atoms with Crippen LogP contribution in [-0.4, -0.2) is 24.7 Å². The Morgan fingerprint density at radius 3 is 2.46 bits per heavy atom. The van der Waals surface area contributed by atoms with Gasteiger partial charge in [0.2, 0.25) is 0 Å². The first-order valence-electron chi connectivity index (χ1n) is 9.50. The van der Waals surface area contributed by atoms with Gasteiger partial charge in [-0.15, -0.1) is 0 Å². The minimum absolute atomic E-state index is 0.576. The van der Waals surface area contributed by atoms with Crippen LogP contribution in [0.4, 0.5) is 5.69 Å². The highest BCUT2D eigenvalue weighted by Gasteiger charge is 2.16. The number of aliphatic imine (C=N–C) groups is 1. The molecule has 1 fully saturated rings. The van der Waals surface area contributed by atoms with Crippen LogP contribution in [0.1, 0.15) is 70.1 Å². The molecule has 0 unspecified atom stereocenters. The first kappa shape index (κ1) is 18.9. The third-order valence-electron chi connectivity index (χ3n) is 5.32. The maximum atomic E-state index is 4.37. The van der Waals surface area contributed by atoms with Crippen molar-refractivity contribution in [2.75, 3.05) is 13.1 Å². The van der Waals surface area contributed by atoms with E-state index in [1.54, 1.807) is 5.57 Å². The maximum Gasteiger partial charge on any atom is 0.0700 e. The summed E-state index contributed by atoms with van der Waals surface area (Å²) in [5, 5.41) is 0. The van der Waals surface area contributed by atoms with Gasteiger partial charge in [-0.3, -0.25) is 9.89 Å². The number of aryl methyl sites for hydroxylation is 1. The van der Waals surface area contributed by atoms with E-state index >= 15 is 0 Å². The van der Waals surface area contributed by atoms with Gasteiger partial charge in [0.05, 0.1) is 5.69 Å². The van der Waals surface area contributed by atoms with Gasteiger partial charge in [-0.2, -0.15) is 0 Å². The topological polar surface area (TPSA) is 15.6 Å². The summed E-state index contributed by atoms with van der Waals surface area (Å²) in [6, 6.07) is 4.60. The van der Waals surface area contributed by atoms with Gasteiger partial charge in [0.1, 0.15) is 0 Å². The van der Waals surface area contributed by atoms with Crippen molar-refractivity contribution in [1.29, 1.82) is 0 Å². The van der Waals surface area contributed by atoms with Crippen molar-refractivity contribution in [3.8, 4) is 0 Å². The first-order chi connectivity index (χ1) is 11.5. The smallest absolute Gasteiger partial charge is 0.0700 e. The molecule has 0 N–H and O–H groups in total. The lowest BCUT2D eigenvalue weighted by Gasteiger charge is -2.21. The Hall–Kier alpha value is -1.41. The number of rotatable bonds is 7. The molecular weight excluding hydrogens is 292 g/mol. The number of hydrogen-bond acceptors (Lipinski definition) is 2. The van der Waals surface area contributed by atoms with E-state index in [0.717, 1.165) is 18.7 Å². The second-order valence-corrected chi connectivity index (χ2v) is 7.49. The highest BCUT2D eigenvalue weighted by atomic mass is 15.1. The van der Waals surface area contributed by atoms with Crippen molar-refractivity contribution in [1.82, 2.24) is 4.90 Å². The van der Waals surface area contributed by atoms with E-state index in [4.69, 9.17) is 0 Å². The molecule has 0 spiro atoms. The molecule has 2 heteroatoms. The predicted octanol–water partition coefficient (Wildman–Crippen LogP) is 6.15. The molecule has 0 bridgehead atoms. The van der Waals surface area contributed by atoms with Gasteiger partial charge < -0.3 is 0 Å². The van der Waals surface area contributed by atoms with Crippen molar-refractivity contribution in [3.63, 3.8) is 0 Å². The Kier molecular flexibility index (Phi) is 6.79. The standard InChI is InChI=1S/C22H34N2/c1-7-10-20(16(2)3)18(5)21-13-17(4)19(14-22(21)23-6)15-24-11-8-9-12-24/h13-14,16H,6-12,15H2,1-5H3/b20-18-. The molecule has 0 saturated carbocycles. The normalized spacial score (nSPS) is 16.6. The molecule has 1 heterocycles. The summed E-state index contributed by atoms with van der Waals surface area (Å²) in [5.74, 6) is 0.576. The minimum Gasteiger partial charge on any atom is -0.299 e. The third kappa shape index (κ3) is 4.36. The summed E-state index contributed by atoms with van der Waals surface area (Å²) in [4.78, 5) is 6.92. The summed E-state index contributed by atoms with van der Waals surface area (Å²) < 4.78 is 0. The van der Waals surface area contributed by atoms with Gasteiger partial charge >= 0.3 is 0 Å². The van der Waals surface area contributed by atoms with E-state index in [1.807, 2.05) is 0 Å². The number of nitrogens with zero attached hydrogens (tertiary/aromatic N) is 2. The van der Waals surface area contributed by atoms with Crippen molar-refractivity contribution in [2.24, 2.45) is 10.9 Å². The van der Waals surface area contributed by atoms with Crippen LogP contribution in [0.2, 0.25) is 0 Å². The molecule has 132 valence electrons. The molecule has 2 nitrogen and oxygen atoms in total. The van der Waals surface area contributed by atoms with Crippen LogP contribution in [0.3, 0.4) is 0 Å². The zero-order valence-electron chi connectivity index (χ0n) is 16.3. The fourth-order valence-corrected chi connectivity index (χ4v) is 3.87. The van der Waals surface area contributed by atoms with Gasteiger partial charge in [-0.25, -0.2) is 0 Å². The Morgan fingerprint density at radius 2 is 1.92 bits per heavy atom. The molecule has 0 atom stereocenters. The summed E-state index contributed by atoms with van der Waals surface area (Å²) in [5.41, 5.74) is 8.03. The molecule has 0 amide bonds. The Balaban J connectivity index is 2.41. The lowest BCUT2D eigenvalue weighted by Crippen LogP contribution is -2.19. The van der Waals surface area contributed by atoms with E-state index in [1.165, 1.54) is 54.6 Å². The zero-order chi connectivity index (χ0) is 17.7. The van der Waals surface area contributed by atoms with Crippen LogP contribution in [0.5, 0.6) is 0 Å². The van der Waals surface area contributed by atoms with E-state index in [2.05, 4.69) is 63.4 Å².